The molecule has 2 aromatic carbocycles. The molecule has 2 aromatic rings. The Balaban J connectivity index is 1.56. The third-order valence-corrected chi connectivity index (χ3v) is 7.02. The molecule has 2 aliphatic heterocycles. The Morgan fingerprint density at radius 1 is 1.25 bits per heavy atom. The number of aryl methyl sites for hydroxylation is 1. The molecule has 0 bridgehead atoms. The van der Waals surface area contributed by atoms with Crippen LogP contribution in [-0.2, 0) is 27.7 Å². The first-order valence-corrected chi connectivity index (χ1v) is 11.0. The van der Waals surface area contributed by atoms with E-state index in [1.54, 1.807) is 19.2 Å². The van der Waals surface area contributed by atoms with Crippen molar-refractivity contribution in [1.82, 2.24) is 4.72 Å². The van der Waals surface area contributed by atoms with E-state index in [0.717, 1.165) is 41.0 Å². The number of methoxy groups -OCH3 is 1. The number of anilines is 1. The van der Waals surface area contributed by atoms with Crippen LogP contribution in [0.4, 0.5) is 5.69 Å². The minimum absolute atomic E-state index is 0.0645. The van der Waals surface area contributed by atoms with E-state index >= 15 is 0 Å². The highest BCUT2D eigenvalue weighted by Gasteiger charge is 2.38. The number of nitrogens with zero attached hydrogens (tertiary/aromatic N) is 1. The van der Waals surface area contributed by atoms with Gasteiger partial charge in [-0.25, -0.2) is 13.1 Å². The molecule has 28 heavy (non-hydrogen) atoms. The van der Waals surface area contributed by atoms with Gasteiger partial charge in [0.15, 0.2) is 0 Å². The zero-order valence-electron chi connectivity index (χ0n) is 16.1. The number of carbonyl (C=O) groups is 1. The lowest BCUT2D eigenvalue weighted by atomic mass is 9.97. The van der Waals surface area contributed by atoms with Crippen molar-refractivity contribution in [2.75, 3.05) is 25.1 Å². The van der Waals surface area contributed by atoms with Crippen LogP contribution in [0.5, 0.6) is 5.75 Å². The number of rotatable bonds is 6. The molecule has 148 valence electrons. The molecule has 0 aliphatic carbocycles. The summed E-state index contributed by atoms with van der Waals surface area (Å²) in [6, 6.07) is 11.0. The number of carbonyl (C=O) groups excluding carboxylic acids is 1. The molecule has 2 heterocycles. The summed E-state index contributed by atoms with van der Waals surface area (Å²) in [5.41, 5.74) is 3.65. The molecule has 7 heteroatoms. The minimum atomic E-state index is -3.66. The number of hydrogen-bond donors (Lipinski definition) is 1. The van der Waals surface area contributed by atoms with Gasteiger partial charge >= 0.3 is 0 Å². The number of nitrogens with one attached hydrogen (secondary N) is 1. The predicted molar refractivity (Wildman–Crippen MR) is 107 cm³/mol. The average molecular weight is 401 g/mol. The van der Waals surface area contributed by atoms with Gasteiger partial charge in [0.1, 0.15) is 5.75 Å². The van der Waals surface area contributed by atoms with Gasteiger partial charge < -0.3 is 9.64 Å². The Bertz CT molecular complexity index is 1030. The van der Waals surface area contributed by atoms with Gasteiger partial charge in [0.2, 0.25) is 15.9 Å². The van der Waals surface area contributed by atoms with Crippen LogP contribution >= 0.6 is 0 Å². The monoisotopic (exact) mass is 400 g/mol. The minimum Gasteiger partial charge on any atom is -0.496 e. The quantitative estimate of drug-likeness (QED) is 0.809. The van der Waals surface area contributed by atoms with Crippen molar-refractivity contribution in [2.45, 2.75) is 37.0 Å². The van der Waals surface area contributed by atoms with Crippen molar-refractivity contribution in [3.05, 3.63) is 53.1 Å². The van der Waals surface area contributed by atoms with Crippen molar-refractivity contribution < 1.29 is 17.9 Å². The molecule has 1 atom stereocenters. The van der Waals surface area contributed by atoms with Crippen molar-refractivity contribution in [3.8, 4) is 5.75 Å². The number of benzene rings is 2. The second-order valence-corrected chi connectivity index (χ2v) is 9.06. The Labute approximate surface area is 165 Å². The van der Waals surface area contributed by atoms with Crippen molar-refractivity contribution in [2.24, 2.45) is 0 Å². The lowest BCUT2D eigenvalue weighted by Crippen LogP contribution is -2.32. The summed E-state index contributed by atoms with van der Waals surface area (Å²) >= 11 is 0. The second kappa shape index (κ2) is 7.22. The van der Waals surface area contributed by atoms with Gasteiger partial charge in [-0.2, -0.15) is 0 Å². The smallest absolute Gasteiger partial charge is 0.240 e. The number of para-hydroxylation sites is 1. The van der Waals surface area contributed by atoms with E-state index < -0.39 is 10.0 Å². The highest BCUT2D eigenvalue weighted by Crippen LogP contribution is 2.43. The van der Waals surface area contributed by atoms with Gasteiger partial charge in [-0.15, -0.1) is 0 Å². The van der Waals surface area contributed by atoms with Gasteiger partial charge in [0.25, 0.3) is 0 Å². The Morgan fingerprint density at radius 3 is 2.82 bits per heavy atom. The molecule has 2 aliphatic rings. The summed E-state index contributed by atoms with van der Waals surface area (Å²) < 4.78 is 33.8. The van der Waals surface area contributed by atoms with E-state index in [4.69, 9.17) is 4.74 Å². The summed E-state index contributed by atoms with van der Waals surface area (Å²) in [4.78, 5) is 14.5. The zero-order chi connectivity index (χ0) is 19.9. The molecular weight excluding hydrogens is 376 g/mol. The predicted octanol–water partition coefficient (Wildman–Crippen LogP) is 2.61. The van der Waals surface area contributed by atoms with E-state index in [0.29, 0.717) is 13.0 Å². The fourth-order valence-electron chi connectivity index (χ4n) is 4.13. The average Bonchev–Trinajstić information content (AvgIpc) is 2.95. The van der Waals surface area contributed by atoms with Crippen LogP contribution in [0.1, 0.15) is 36.0 Å². The molecule has 0 fully saturated rings. The SMILES string of the molecule is COc1ccccc1CCNS(=O)(=O)c1cc2c3c(c1)[C@H](C)C(=O)N3CCC2. The fourth-order valence-corrected chi connectivity index (χ4v) is 5.25. The summed E-state index contributed by atoms with van der Waals surface area (Å²) in [5.74, 6) is 0.515. The van der Waals surface area contributed by atoms with Crippen LogP contribution in [0, 0.1) is 0 Å². The van der Waals surface area contributed by atoms with Crippen LogP contribution in [-0.4, -0.2) is 34.5 Å². The van der Waals surface area contributed by atoms with Crippen molar-refractivity contribution in [3.63, 3.8) is 0 Å². The summed E-state index contributed by atoms with van der Waals surface area (Å²) in [7, 11) is -2.06. The molecule has 1 N–H and O–H groups in total. The first kappa shape index (κ1) is 19.0. The van der Waals surface area contributed by atoms with E-state index in [1.807, 2.05) is 36.1 Å². The van der Waals surface area contributed by atoms with Gasteiger partial charge in [-0.05, 0) is 61.1 Å². The topological polar surface area (TPSA) is 75.7 Å². The molecule has 0 aromatic heterocycles. The molecule has 0 saturated carbocycles. The lowest BCUT2D eigenvalue weighted by Gasteiger charge is -2.26. The van der Waals surface area contributed by atoms with Crippen LogP contribution in [0.2, 0.25) is 0 Å². The summed E-state index contributed by atoms with van der Waals surface area (Å²) in [6.07, 6.45) is 2.18. The van der Waals surface area contributed by atoms with Crippen LogP contribution < -0.4 is 14.4 Å². The number of hydrogen-bond acceptors (Lipinski definition) is 4. The van der Waals surface area contributed by atoms with Gasteiger partial charge in [0.05, 0.1) is 23.6 Å². The van der Waals surface area contributed by atoms with Crippen molar-refractivity contribution in [1.29, 1.82) is 0 Å². The molecule has 1 amide bonds. The summed E-state index contributed by atoms with van der Waals surface area (Å²) in [6.45, 7) is 2.84. The molecule has 6 nitrogen and oxygen atoms in total. The number of ether oxygens (including phenoxy) is 1. The molecule has 4 rings (SSSR count). The van der Waals surface area contributed by atoms with E-state index in [2.05, 4.69) is 4.72 Å². The maximum atomic E-state index is 12.9. The molecule has 0 saturated heterocycles. The van der Waals surface area contributed by atoms with Crippen molar-refractivity contribution >= 4 is 21.6 Å². The van der Waals surface area contributed by atoms with Gasteiger partial charge in [-0.1, -0.05) is 18.2 Å². The normalized spacial score (nSPS) is 18.3. The second-order valence-electron chi connectivity index (χ2n) is 7.29. The van der Waals surface area contributed by atoms with E-state index in [9.17, 15) is 13.2 Å². The van der Waals surface area contributed by atoms with Crippen LogP contribution in [0.25, 0.3) is 0 Å². The van der Waals surface area contributed by atoms with Crippen LogP contribution in [0.15, 0.2) is 41.3 Å². The highest BCUT2D eigenvalue weighted by atomic mass is 32.2. The Morgan fingerprint density at radius 2 is 2.04 bits per heavy atom. The lowest BCUT2D eigenvalue weighted by molar-refractivity contribution is -0.119. The first-order valence-electron chi connectivity index (χ1n) is 9.52. The molecule has 0 radical (unpaired) electrons. The van der Waals surface area contributed by atoms with E-state index in [-0.39, 0.29) is 23.3 Å². The maximum absolute atomic E-state index is 12.9. The largest absolute Gasteiger partial charge is 0.496 e. The van der Waals surface area contributed by atoms with Crippen LogP contribution in [0.3, 0.4) is 0 Å². The standard InChI is InChI=1S/C21H24N2O4S/c1-14-18-13-17(12-16-7-5-11-23(20(16)18)21(14)24)28(25,26)22-10-9-15-6-3-4-8-19(15)27-2/h3-4,6,8,12-14,22H,5,7,9-11H2,1-2H3/t14-/m0/s1. The van der Waals surface area contributed by atoms with Gasteiger partial charge in [-0.3, -0.25) is 4.79 Å². The molecule has 0 spiro atoms. The highest BCUT2D eigenvalue weighted by molar-refractivity contribution is 7.89. The third-order valence-electron chi connectivity index (χ3n) is 5.58. The van der Waals surface area contributed by atoms with E-state index in [1.165, 1.54) is 0 Å². The first-order chi connectivity index (χ1) is 13.4. The zero-order valence-corrected chi connectivity index (χ0v) is 16.9. The summed E-state index contributed by atoms with van der Waals surface area (Å²) in [5, 5.41) is 0. The van der Waals surface area contributed by atoms with Gasteiger partial charge in [0, 0.05) is 13.1 Å². The maximum Gasteiger partial charge on any atom is 0.240 e. The third kappa shape index (κ3) is 3.18. The molecular formula is C21H24N2O4S. The Hall–Kier alpha value is -2.38. The fraction of sp³-hybridized carbons (Fsp3) is 0.381. The number of amides is 1. The number of sulfonamides is 1. The molecule has 0 unspecified atom stereocenters. The Kier molecular flexibility index (Phi) is 4.89.